The minimum atomic E-state index is -2.12. The number of aliphatic carboxylic acids is 2. The first kappa shape index (κ1) is 94.0. The quantitative estimate of drug-likeness (QED) is 0.0288. The van der Waals surface area contributed by atoms with E-state index >= 15 is 0 Å². The van der Waals surface area contributed by atoms with Crippen LogP contribution in [0.1, 0.15) is 124 Å². The molecule has 0 bridgehead atoms. The Labute approximate surface area is 627 Å². The van der Waals surface area contributed by atoms with Gasteiger partial charge >= 0.3 is 11.9 Å². The van der Waals surface area contributed by atoms with Gasteiger partial charge in [-0.3, -0.25) is 101 Å². The number of nitrogens with two attached hydrogens (primary N) is 6. The normalized spacial score (nSPS) is 16.2. The first-order valence-electron chi connectivity index (χ1n) is 34.5. The lowest BCUT2D eigenvalue weighted by Crippen LogP contribution is -2.61. The number of nitrogens with zero attached hydrogens (tertiary/aromatic N) is 2. The molecule has 1 fully saturated rings. The lowest BCUT2D eigenvalue weighted by molar-refractivity contribution is -0.145. The molecule has 1 aromatic heterocycles. The minimum absolute atomic E-state index is 0.0720. The molecule has 2 rings (SSSR count). The first-order chi connectivity index (χ1) is 51.4. The van der Waals surface area contributed by atoms with E-state index in [0.29, 0.717) is 5.69 Å². The summed E-state index contributed by atoms with van der Waals surface area (Å²) in [5, 5.41) is 68.5. The molecule has 0 aromatic carbocycles. The number of H-pyrrole nitrogens is 1. The van der Waals surface area contributed by atoms with E-state index in [0.717, 1.165) is 18.7 Å². The Balaban J connectivity index is 2.29. The van der Waals surface area contributed by atoms with Crippen LogP contribution in [0.15, 0.2) is 12.5 Å². The number of carbonyl (C=O) groups excluding carboxylic acids is 19. The van der Waals surface area contributed by atoms with E-state index in [-0.39, 0.29) is 38.6 Å². The molecule has 1 saturated heterocycles. The monoisotopic (exact) mass is 1560 g/mol. The fraction of sp³-hybridized carbons (Fsp3) is 0.619. The highest BCUT2D eigenvalue weighted by atomic mass is 16.4. The van der Waals surface area contributed by atoms with Crippen LogP contribution < -0.4 is 104 Å². The van der Waals surface area contributed by atoms with Gasteiger partial charge in [-0.2, -0.15) is 0 Å². The fourth-order valence-electron chi connectivity index (χ4n) is 10.4. The summed E-state index contributed by atoms with van der Waals surface area (Å²) in [6.45, 7) is 4.97. The van der Waals surface area contributed by atoms with Crippen molar-refractivity contribution in [3.63, 3.8) is 0 Å². The van der Waals surface area contributed by atoms with Gasteiger partial charge in [0.2, 0.25) is 112 Å². The number of imidazole rings is 1. The Kier molecular flexibility index (Phi) is 39.5. The van der Waals surface area contributed by atoms with Crippen LogP contribution in [0.3, 0.4) is 0 Å². The molecule has 30 N–H and O–H groups in total. The van der Waals surface area contributed by atoms with Gasteiger partial charge in [-0.25, -0.2) is 4.98 Å². The summed E-state index contributed by atoms with van der Waals surface area (Å²) in [5.41, 5.74) is 32.9. The van der Waals surface area contributed by atoms with E-state index < -0.39 is 292 Å². The van der Waals surface area contributed by atoms with Gasteiger partial charge in [-0.15, -0.1) is 0 Å². The van der Waals surface area contributed by atoms with Crippen LogP contribution in [-0.4, -0.2) is 270 Å². The zero-order valence-corrected chi connectivity index (χ0v) is 61.1. The third kappa shape index (κ3) is 33.0. The van der Waals surface area contributed by atoms with Crippen molar-refractivity contribution in [3.8, 4) is 0 Å². The summed E-state index contributed by atoms with van der Waals surface area (Å²) in [6, 6.07) is -22.1. The van der Waals surface area contributed by atoms with Crippen molar-refractivity contribution in [2.75, 3.05) is 26.2 Å². The largest absolute Gasteiger partial charge is 0.481 e. The molecule has 0 saturated carbocycles. The predicted octanol–water partition coefficient (Wildman–Crippen LogP) is -13.0. The van der Waals surface area contributed by atoms with Crippen molar-refractivity contribution in [1.82, 2.24) is 84.0 Å². The van der Waals surface area contributed by atoms with E-state index in [1.54, 1.807) is 6.92 Å². The maximum atomic E-state index is 14.4. The lowest BCUT2D eigenvalue weighted by atomic mass is 9.96. The molecular formula is C63H100N22O25. The van der Waals surface area contributed by atoms with Gasteiger partial charge in [0.1, 0.15) is 72.5 Å². The van der Waals surface area contributed by atoms with Gasteiger partial charge in [0.25, 0.3) is 0 Å². The average molecular weight is 1570 g/mol. The number of amides is 19. The first-order valence-corrected chi connectivity index (χ1v) is 34.5. The third-order valence-corrected chi connectivity index (χ3v) is 16.7. The zero-order valence-electron chi connectivity index (χ0n) is 61.1. The lowest BCUT2D eigenvalue weighted by Gasteiger charge is -2.32. The van der Waals surface area contributed by atoms with Crippen LogP contribution in [0, 0.1) is 11.8 Å². The molecule has 0 unspecified atom stereocenters. The summed E-state index contributed by atoms with van der Waals surface area (Å²) >= 11 is 0. The van der Waals surface area contributed by atoms with Crippen LogP contribution in [-0.2, 0) is 107 Å². The summed E-state index contributed by atoms with van der Waals surface area (Å²) < 4.78 is 0. The average Bonchev–Trinajstić information content (AvgIpc) is 1.59. The topological polar surface area (TPSA) is 784 Å². The van der Waals surface area contributed by atoms with Gasteiger partial charge in [0, 0.05) is 38.4 Å². The number of carboxylic acids is 2. The van der Waals surface area contributed by atoms with Crippen molar-refractivity contribution in [2.45, 2.75) is 210 Å². The van der Waals surface area contributed by atoms with Crippen LogP contribution in [0.5, 0.6) is 0 Å². The number of hydrogen-bond acceptors (Lipinski definition) is 25. The maximum Gasteiger partial charge on any atom is 0.325 e. The molecule has 19 amide bonds. The van der Waals surface area contributed by atoms with Crippen LogP contribution in [0.2, 0.25) is 0 Å². The smallest absolute Gasteiger partial charge is 0.325 e. The highest BCUT2D eigenvalue weighted by Crippen LogP contribution is 2.23. The number of nitrogens with one attached hydrogen (secondary N) is 14. The van der Waals surface area contributed by atoms with Crippen molar-refractivity contribution in [1.29, 1.82) is 0 Å². The van der Waals surface area contributed by atoms with Gasteiger partial charge in [0.15, 0.2) is 0 Å². The number of rotatable bonds is 50. The summed E-state index contributed by atoms with van der Waals surface area (Å²) in [6.07, 6.45) is -5.35. The van der Waals surface area contributed by atoms with Crippen LogP contribution >= 0.6 is 0 Å². The molecule has 0 radical (unpaired) electrons. The Morgan fingerprint density at radius 2 is 0.936 bits per heavy atom. The van der Waals surface area contributed by atoms with E-state index in [4.69, 9.17) is 34.4 Å². The van der Waals surface area contributed by atoms with Gasteiger partial charge < -0.3 is 134 Å². The van der Waals surface area contributed by atoms with E-state index in [1.165, 1.54) is 33.3 Å². The molecule has 1 aliphatic rings. The van der Waals surface area contributed by atoms with Crippen LogP contribution in [0.25, 0.3) is 0 Å². The number of aromatic nitrogens is 2. The summed E-state index contributed by atoms with van der Waals surface area (Å²) in [7, 11) is 0. The summed E-state index contributed by atoms with van der Waals surface area (Å²) in [4.78, 5) is 282. The van der Waals surface area contributed by atoms with Crippen molar-refractivity contribution >= 4 is 124 Å². The van der Waals surface area contributed by atoms with Crippen LogP contribution in [0.4, 0.5) is 0 Å². The number of carboxylic acid groups (broad SMARTS) is 2. The van der Waals surface area contributed by atoms with Crippen molar-refractivity contribution in [3.05, 3.63) is 18.2 Å². The molecule has 15 atom stereocenters. The van der Waals surface area contributed by atoms with Gasteiger partial charge in [-0.1, -0.05) is 34.1 Å². The molecule has 47 nitrogen and oxygen atoms in total. The molecule has 2 heterocycles. The second kappa shape index (κ2) is 46.2. The van der Waals surface area contributed by atoms with E-state index in [9.17, 15) is 121 Å². The molecule has 110 heavy (non-hydrogen) atoms. The Bertz CT molecular complexity index is 3520. The SMILES string of the molecule is CC[C@H](C)[C@H](NC(=O)[C@H](CC(=O)O)NC(=O)[C@H](CO)NC(=O)[C@@H](N)Cc1c[nH]cn1)C(=O)N1CCC[C@H]1C(=O)N[C@@H](CC(N)=O)C(=O)NCC(=O)N[C@@H](CCC(N)=O)C(=O)N[C@H](C(=O)N[C@@H](CC(N)=O)C(=O)N[C@@H](CCC(N)=O)C(=O)NCC(=O)N[C@H](C(=O)N[C@@H](CCC(N)=O)C(=O)N[C@@H](C)C(=O)O)C(C)C)[C@@H](C)O. The second-order valence-electron chi connectivity index (χ2n) is 26.1. The highest BCUT2D eigenvalue weighted by molar-refractivity contribution is 6.02. The number of aliphatic hydroxyl groups is 2. The van der Waals surface area contributed by atoms with Crippen molar-refractivity contribution in [2.24, 2.45) is 46.2 Å². The molecule has 1 aromatic rings. The van der Waals surface area contributed by atoms with Gasteiger partial charge in [0.05, 0.1) is 63.1 Å². The number of hydrogen-bond donors (Lipinski definition) is 24. The number of aliphatic hydroxyl groups excluding tert-OH is 2. The number of likely N-dealkylation sites (tertiary alicyclic amines) is 1. The predicted molar refractivity (Wildman–Crippen MR) is 374 cm³/mol. The van der Waals surface area contributed by atoms with Crippen molar-refractivity contribution < 1.29 is 121 Å². The van der Waals surface area contributed by atoms with Gasteiger partial charge in [-0.05, 0) is 57.8 Å². The Morgan fingerprint density at radius 3 is 1.42 bits per heavy atom. The Hall–Kier alpha value is -12.0. The number of carbonyl (C=O) groups is 21. The molecule has 0 aliphatic carbocycles. The fourth-order valence-corrected chi connectivity index (χ4v) is 10.4. The maximum absolute atomic E-state index is 14.4. The molecule has 0 spiro atoms. The molecule has 47 heteroatoms. The number of primary amides is 5. The molecule has 612 valence electrons. The standard InChI is InChI=1S/C63H100N22O25/c1-7-27(4)49(83-57(103)37(20-47(95)96)78-58(104)38(24-86)81-51(97)31(64)17-30-21-70-25-73-30)62(108)85-16-8-9-39(85)59(105)79-35(18-43(68)91)53(99)72-22-45(93)75-33(11-14-41(66)89)55(101)84-50(29(6)87)61(107)80-36(19-44(69)92)56(102)76-32(10-13-40(65)88)52(98)71-23-46(94)82-48(26(2)3)60(106)77-34(12-15-42(67)90)54(100)74-28(5)63(109)110/h21,25-29,31-39,48-50,86-87H,7-20,22-24,64H2,1-6H3,(H2,65,88)(H2,66,89)(H2,67,90)(H2,68,91)(H2,69,92)(H,70,73)(H,71,98)(H,72,99)(H,74,100)(H,75,93)(H,76,102)(H,77,106)(H,78,104)(H,79,105)(H,80,107)(H,81,97)(H,82,94)(H,83,103)(H,84,101)(H,95,96)(H,109,110)/t27-,28-,29+,31-,32-,33-,34-,35-,36-,37-,38-,39-,48-,49-,50-/m0/s1. The molecular weight excluding hydrogens is 1460 g/mol. The summed E-state index contributed by atoms with van der Waals surface area (Å²) in [5.74, 6) is -26.1. The minimum Gasteiger partial charge on any atom is -0.481 e. The third-order valence-electron chi connectivity index (χ3n) is 16.7. The second-order valence-corrected chi connectivity index (χ2v) is 26.1. The zero-order chi connectivity index (χ0) is 83.6. The Morgan fingerprint density at radius 1 is 0.509 bits per heavy atom. The number of aromatic amines is 1. The van der Waals surface area contributed by atoms with E-state index in [1.807, 2.05) is 0 Å². The highest BCUT2D eigenvalue weighted by Gasteiger charge is 2.43. The van der Waals surface area contributed by atoms with E-state index in [2.05, 4.69) is 79.1 Å². The molecule has 1 aliphatic heterocycles.